The predicted octanol–water partition coefficient (Wildman–Crippen LogP) is 2.69. The Morgan fingerprint density at radius 2 is 1.62 bits per heavy atom. The van der Waals surface area contributed by atoms with Gasteiger partial charge in [0.15, 0.2) is 6.10 Å². The summed E-state index contributed by atoms with van der Waals surface area (Å²) in [7, 11) is 0. The fourth-order valence-electron chi connectivity index (χ4n) is 1.99. The van der Waals surface area contributed by atoms with E-state index in [1.165, 1.54) is 49.4 Å². The molecule has 1 atom stereocenters. The highest BCUT2D eigenvalue weighted by molar-refractivity contribution is 5.98. The molecule has 26 heavy (non-hydrogen) atoms. The molecule has 0 fully saturated rings. The number of ether oxygens (including phenoxy) is 1. The summed E-state index contributed by atoms with van der Waals surface area (Å²) in [5.74, 6) is -1.70. The summed E-state index contributed by atoms with van der Waals surface area (Å²) >= 11 is 0. The third-order valence-corrected chi connectivity index (χ3v) is 3.32. The minimum Gasteiger partial charge on any atom is -0.449 e. The Bertz CT molecular complexity index is 864. The van der Waals surface area contributed by atoms with Crippen LogP contribution in [0.3, 0.4) is 0 Å². The van der Waals surface area contributed by atoms with Crippen molar-refractivity contribution in [2.24, 2.45) is 0 Å². The molecule has 2 aromatic rings. The Morgan fingerprint density at radius 3 is 2.19 bits per heavy atom. The van der Waals surface area contributed by atoms with Gasteiger partial charge in [-0.05, 0) is 25.1 Å². The number of rotatable bonds is 6. The second kappa shape index (κ2) is 7.83. The molecule has 0 bridgehead atoms. The van der Waals surface area contributed by atoms with E-state index in [4.69, 9.17) is 4.74 Å². The van der Waals surface area contributed by atoms with E-state index >= 15 is 0 Å². The van der Waals surface area contributed by atoms with Gasteiger partial charge in [-0.3, -0.25) is 25.0 Å². The van der Waals surface area contributed by atoms with E-state index in [0.29, 0.717) is 0 Å². The van der Waals surface area contributed by atoms with Crippen LogP contribution in [0.1, 0.15) is 17.3 Å². The lowest BCUT2D eigenvalue weighted by Crippen LogP contribution is -2.30. The summed E-state index contributed by atoms with van der Waals surface area (Å²) in [6.07, 6.45) is -1.24. The van der Waals surface area contributed by atoms with E-state index in [1.54, 1.807) is 0 Å². The number of nitrogens with zero attached hydrogens (tertiary/aromatic N) is 2. The smallest absolute Gasteiger partial charge is 0.345 e. The van der Waals surface area contributed by atoms with Crippen LogP contribution in [0.4, 0.5) is 17.1 Å². The van der Waals surface area contributed by atoms with E-state index in [1.807, 2.05) is 0 Å². The van der Waals surface area contributed by atoms with Gasteiger partial charge in [0.25, 0.3) is 17.3 Å². The van der Waals surface area contributed by atoms with Crippen LogP contribution in [-0.4, -0.2) is 27.8 Å². The van der Waals surface area contributed by atoms with Crippen molar-refractivity contribution in [3.63, 3.8) is 0 Å². The maximum Gasteiger partial charge on any atom is 0.345 e. The normalized spacial score (nSPS) is 11.3. The zero-order valence-corrected chi connectivity index (χ0v) is 13.4. The zero-order chi connectivity index (χ0) is 19.3. The van der Waals surface area contributed by atoms with E-state index < -0.39 is 33.5 Å². The van der Waals surface area contributed by atoms with E-state index in [2.05, 4.69) is 5.32 Å². The molecule has 1 amide bonds. The monoisotopic (exact) mass is 359 g/mol. The standard InChI is InChI=1S/C16H13N3O7/c1-10(15(20)17-11-6-8-12(9-7-11)18(22)23)26-16(21)13-4-2-3-5-14(13)19(24)25/h2-10H,1H3,(H,17,20). The third-order valence-electron chi connectivity index (χ3n) is 3.32. The summed E-state index contributed by atoms with van der Waals surface area (Å²) in [6, 6.07) is 10.3. The minimum absolute atomic E-state index is 0.140. The van der Waals surface area contributed by atoms with Crippen LogP contribution in [-0.2, 0) is 9.53 Å². The molecular weight excluding hydrogens is 346 g/mol. The van der Waals surface area contributed by atoms with Crippen molar-refractivity contribution in [3.8, 4) is 0 Å². The molecule has 0 aromatic heterocycles. The van der Waals surface area contributed by atoms with Crippen molar-refractivity contribution in [2.45, 2.75) is 13.0 Å². The first kappa shape index (κ1) is 18.5. The van der Waals surface area contributed by atoms with E-state index in [-0.39, 0.29) is 16.9 Å². The number of benzene rings is 2. The van der Waals surface area contributed by atoms with Crippen molar-refractivity contribution in [3.05, 3.63) is 74.3 Å². The Balaban J connectivity index is 2.04. The number of carbonyl (C=O) groups excluding carboxylic acids is 2. The van der Waals surface area contributed by atoms with Gasteiger partial charge in [0.2, 0.25) is 0 Å². The molecule has 134 valence electrons. The fraction of sp³-hybridized carbons (Fsp3) is 0.125. The van der Waals surface area contributed by atoms with Gasteiger partial charge in [-0.15, -0.1) is 0 Å². The van der Waals surface area contributed by atoms with Crippen LogP contribution in [0, 0.1) is 20.2 Å². The second-order valence-electron chi connectivity index (χ2n) is 5.12. The molecule has 1 N–H and O–H groups in total. The molecule has 0 aliphatic carbocycles. The van der Waals surface area contributed by atoms with Crippen LogP contribution in [0.15, 0.2) is 48.5 Å². The van der Waals surface area contributed by atoms with Crippen LogP contribution >= 0.6 is 0 Å². The number of nitro benzene ring substituents is 2. The van der Waals surface area contributed by atoms with Gasteiger partial charge in [-0.25, -0.2) is 4.79 Å². The number of amides is 1. The number of carbonyl (C=O) groups is 2. The van der Waals surface area contributed by atoms with E-state index in [0.717, 1.165) is 6.07 Å². The summed E-state index contributed by atoms with van der Waals surface area (Å²) < 4.78 is 4.96. The highest BCUT2D eigenvalue weighted by Gasteiger charge is 2.25. The molecular formula is C16H13N3O7. The molecule has 1 unspecified atom stereocenters. The van der Waals surface area contributed by atoms with Crippen molar-refractivity contribution in [1.82, 2.24) is 0 Å². The number of esters is 1. The van der Waals surface area contributed by atoms with Crippen molar-refractivity contribution < 1.29 is 24.2 Å². The topological polar surface area (TPSA) is 142 Å². The minimum atomic E-state index is -1.24. The van der Waals surface area contributed by atoms with Crippen LogP contribution in [0.25, 0.3) is 0 Å². The van der Waals surface area contributed by atoms with Crippen LogP contribution in [0.5, 0.6) is 0 Å². The SMILES string of the molecule is CC(OC(=O)c1ccccc1[N+](=O)[O-])C(=O)Nc1ccc([N+](=O)[O-])cc1. The first-order chi connectivity index (χ1) is 12.3. The Labute approximate surface area is 146 Å². The summed E-state index contributed by atoms with van der Waals surface area (Å²) in [4.78, 5) is 44.4. The first-order valence-corrected chi connectivity index (χ1v) is 7.29. The van der Waals surface area contributed by atoms with Gasteiger partial charge >= 0.3 is 5.97 Å². The number of non-ortho nitro benzene ring substituents is 1. The lowest BCUT2D eigenvalue weighted by Gasteiger charge is -2.13. The Kier molecular flexibility index (Phi) is 5.58. The van der Waals surface area contributed by atoms with Crippen molar-refractivity contribution in [2.75, 3.05) is 5.32 Å². The third kappa shape index (κ3) is 4.38. The highest BCUT2D eigenvalue weighted by Crippen LogP contribution is 2.20. The molecule has 0 saturated carbocycles. The van der Waals surface area contributed by atoms with Crippen molar-refractivity contribution >= 4 is 28.9 Å². The first-order valence-electron chi connectivity index (χ1n) is 7.29. The Hall–Kier alpha value is -3.82. The van der Waals surface area contributed by atoms with Gasteiger partial charge in [-0.2, -0.15) is 0 Å². The molecule has 0 radical (unpaired) electrons. The van der Waals surface area contributed by atoms with Gasteiger partial charge in [-0.1, -0.05) is 12.1 Å². The number of anilines is 1. The Morgan fingerprint density at radius 1 is 1.00 bits per heavy atom. The number of nitro groups is 2. The van der Waals surface area contributed by atoms with Gasteiger partial charge in [0.1, 0.15) is 5.56 Å². The molecule has 10 heteroatoms. The van der Waals surface area contributed by atoms with E-state index in [9.17, 15) is 29.8 Å². The summed E-state index contributed by atoms with van der Waals surface area (Å²) in [6.45, 7) is 1.30. The zero-order valence-electron chi connectivity index (χ0n) is 13.4. The average Bonchev–Trinajstić information content (AvgIpc) is 2.61. The maximum atomic E-state index is 12.1. The molecule has 2 aromatic carbocycles. The van der Waals surface area contributed by atoms with Gasteiger partial charge in [0.05, 0.1) is 9.85 Å². The summed E-state index contributed by atoms with van der Waals surface area (Å²) in [5, 5.41) is 23.9. The molecule has 0 saturated heterocycles. The molecule has 10 nitrogen and oxygen atoms in total. The van der Waals surface area contributed by atoms with Crippen molar-refractivity contribution in [1.29, 1.82) is 0 Å². The number of hydrogen-bond donors (Lipinski definition) is 1. The maximum absolute atomic E-state index is 12.1. The fourth-order valence-corrected chi connectivity index (χ4v) is 1.99. The van der Waals surface area contributed by atoms with Crippen LogP contribution in [0.2, 0.25) is 0 Å². The predicted molar refractivity (Wildman–Crippen MR) is 89.7 cm³/mol. The largest absolute Gasteiger partial charge is 0.449 e. The molecule has 0 aliphatic heterocycles. The quantitative estimate of drug-likeness (QED) is 0.474. The lowest BCUT2D eigenvalue weighted by atomic mass is 10.2. The number of hydrogen-bond acceptors (Lipinski definition) is 7. The van der Waals surface area contributed by atoms with Gasteiger partial charge in [0, 0.05) is 23.9 Å². The molecule has 2 rings (SSSR count). The summed E-state index contributed by atoms with van der Waals surface area (Å²) in [5.41, 5.74) is -0.569. The lowest BCUT2D eigenvalue weighted by molar-refractivity contribution is -0.385. The molecule has 0 heterocycles. The average molecular weight is 359 g/mol. The number of para-hydroxylation sites is 1. The second-order valence-corrected chi connectivity index (χ2v) is 5.12. The number of nitrogens with one attached hydrogen (secondary N) is 1. The van der Waals surface area contributed by atoms with Gasteiger partial charge < -0.3 is 10.1 Å². The molecule has 0 aliphatic rings. The highest BCUT2D eigenvalue weighted by atomic mass is 16.6. The molecule has 0 spiro atoms. The van der Waals surface area contributed by atoms with Crippen LogP contribution < -0.4 is 5.32 Å².